The van der Waals surface area contributed by atoms with Gasteiger partial charge in [-0.2, -0.15) is 0 Å². The molecule has 0 amide bonds. The van der Waals surface area contributed by atoms with Gasteiger partial charge in [-0.25, -0.2) is 4.99 Å². The van der Waals surface area contributed by atoms with Gasteiger partial charge in [0.25, 0.3) is 0 Å². The molecule has 1 aliphatic rings. The van der Waals surface area contributed by atoms with Crippen LogP contribution in [0.1, 0.15) is 33.3 Å². The van der Waals surface area contributed by atoms with Gasteiger partial charge in [-0.05, 0) is 38.8 Å². The Labute approximate surface area is 169 Å². The van der Waals surface area contributed by atoms with E-state index >= 15 is 0 Å². The molecule has 1 aliphatic heterocycles. The van der Waals surface area contributed by atoms with Gasteiger partial charge < -0.3 is 24.8 Å². The Bertz CT molecular complexity index is 663. The second-order valence-electron chi connectivity index (χ2n) is 7.46. The topological polar surface area (TPSA) is 67.4 Å². The highest BCUT2D eigenvalue weighted by molar-refractivity contribution is 5.80. The van der Waals surface area contributed by atoms with Crippen LogP contribution < -0.4 is 24.8 Å². The largest absolute Gasteiger partial charge is 0.493 e. The number of ether oxygens (including phenoxy) is 3. The summed E-state index contributed by atoms with van der Waals surface area (Å²) >= 11 is 0. The van der Waals surface area contributed by atoms with Crippen LogP contribution in [0.25, 0.3) is 0 Å². The molecule has 28 heavy (non-hydrogen) atoms. The van der Waals surface area contributed by atoms with Crippen LogP contribution in [0.4, 0.5) is 0 Å². The Balaban J connectivity index is 2.17. The summed E-state index contributed by atoms with van der Waals surface area (Å²) < 4.78 is 16.4. The van der Waals surface area contributed by atoms with Crippen molar-refractivity contribution in [2.75, 3.05) is 41.0 Å². The first-order chi connectivity index (χ1) is 13.4. The van der Waals surface area contributed by atoms with Crippen molar-refractivity contribution in [3.8, 4) is 17.2 Å². The maximum atomic E-state index is 5.57. The van der Waals surface area contributed by atoms with Crippen molar-refractivity contribution >= 4 is 5.96 Å². The molecule has 0 aromatic heterocycles. The van der Waals surface area contributed by atoms with Crippen LogP contribution in [-0.2, 0) is 6.54 Å². The minimum Gasteiger partial charge on any atom is -0.493 e. The van der Waals surface area contributed by atoms with Crippen LogP contribution in [0.2, 0.25) is 0 Å². The van der Waals surface area contributed by atoms with Gasteiger partial charge in [0.05, 0.1) is 27.9 Å². The van der Waals surface area contributed by atoms with E-state index in [0.717, 1.165) is 31.2 Å². The summed E-state index contributed by atoms with van der Waals surface area (Å²) in [5.74, 6) is 3.28. The van der Waals surface area contributed by atoms with E-state index in [1.54, 1.807) is 21.3 Å². The van der Waals surface area contributed by atoms with Crippen molar-refractivity contribution in [2.24, 2.45) is 10.9 Å². The van der Waals surface area contributed by atoms with Gasteiger partial charge in [-0.15, -0.1) is 0 Å². The van der Waals surface area contributed by atoms with E-state index in [9.17, 15) is 0 Å². The fraction of sp³-hybridized carbons (Fsp3) is 0.667. The van der Waals surface area contributed by atoms with Gasteiger partial charge in [0.2, 0.25) is 5.75 Å². The average molecular weight is 393 g/mol. The van der Waals surface area contributed by atoms with Crippen molar-refractivity contribution in [1.82, 2.24) is 15.5 Å². The monoisotopic (exact) mass is 392 g/mol. The second-order valence-corrected chi connectivity index (χ2v) is 7.46. The highest BCUT2D eigenvalue weighted by Crippen LogP contribution is 2.39. The van der Waals surface area contributed by atoms with Crippen molar-refractivity contribution in [3.05, 3.63) is 17.7 Å². The van der Waals surface area contributed by atoms with Crippen LogP contribution in [-0.4, -0.2) is 63.9 Å². The van der Waals surface area contributed by atoms with E-state index in [-0.39, 0.29) is 0 Å². The third kappa shape index (κ3) is 5.22. The van der Waals surface area contributed by atoms with Crippen molar-refractivity contribution in [2.45, 2.75) is 46.3 Å². The number of nitrogens with one attached hydrogen (secondary N) is 2. The van der Waals surface area contributed by atoms with Crippen LogP contribution in [0.3, 0.4) is 0 Å². The summed E-state index contributed by atoms with van der Waals surface area (Å²) in [7, 11) is 4.86. The molecule has 0 saturated carbocycles. The van der Waals surface area contributed by atoms with Gasteiger partial charge in [0.1, 0.15) is 0 Å². The van der Waals surface area contributed by atoms with Crippen molar-refractivity contribution in [1.29, 1.82) is 0 Å². The molecule has 2 rings (SSSR count). The van der Waals surface area contributed by atoms with Gasteiger partial charge in [-0.1, -0.05) is 6.92 Å². The van der Waals surface area contributed by atoms with Gasteiger partial charge in [-0.3, -0.25) is 4.90 Å². The lowest BCUT2D eigenvalue weighted by atomic mass is 10.1. The number of benzene rings is 1. The Morgan fingerprint density at radius 1 is 1.14 bits per heavy atom. The molecule has 1 fully saturated rings. The molecule has 0 radical (unpaired) electrons. The Hall–Kier alpha value is -2.15. The summed E-state index contributed by atoms with van der Waals surface area (Å²) in [6.45, 7) is 12.3. The van der Waals surface area contributed by atoms with Crippen molar-refractivity contribution < 1.29 is 14.2 Å². The van der Waals surface area contributed by atoms with Crippen LogP contribution in [0.5, 0.6) is 17.2 Å². The van der Waals surface area contributed by atoms with Gasteiger partial charge in [0.15, 0.2) is 17.5 Å². The summed E-state index contributed by atoms with van der Waals surface area (Å²) in [5, 5.41) is 6.97. The zero-order chi connectivity index (χ0) is 20.7. The minimum atomic E-state index is 0.382. The van der Waals surface area contributed by atoms with E-state index in [1.165, 1.54) is 0 Å². The van der Waals surface area contributed by atoms with Gasteiger partial charge in [0, 0.05) is 37.3 Å². The maximum Gasteiger partial charge on any atom is 0.203 e. The highest BCUT2D eigenvalue weighted by atomic mass is 16.5. The fourth-order valence-electron chi connectivity index (χ4n) is 3.56. The zero-order valence-corrected chi connectivity index (χ0v) is 18.3. The number of methoxy groups -OCH3 is 3. The van der Waals surface area contributed by atoms with Crippen LogP contribution >= 0.6 is 0 Å². The molecule has 1 saturated heterocycles. The number of nitrogens with zero attached hydrogens (tertiary/aromatic N) is 2. The molecule has 1 aromatic carbocycles. The lowest BCUT2D eigenvalue weighted by Crippen LogP contribution is -2.46. The van der Waals surface area contributed by atoms with Crippen LogP contribution in [0, 0.1) is 5.92 Å². The lowest BCUT2D eigenvalue weighted by Gasteiger charge is -2.22. The standard InChI is InChI=1S/C21H36N4O3/c1-8-22-21(24-17-13-25(14(2)3)12-15(17)4)23-11-16-9-10-18(26-5)20(28-7)19(16)27-6/h9-10,14-15,17H,8,11-13H2,1-7H3,(H2,22,23,24). The fourth-order valence-corrected chi connectivity index (χ4v) is 3.56. The van der Waals surface area contributed by atoms with Gasteiger partial charge >= 0.3 is 0 Å². The maximum absolute atomic E-state index is 5.57. The number of guanidine groups is 1. The molecule has 0 spiro atoms. The Morgan fingerprint density at radius 2 is 1.86 bits per heavy atom. The molecule has 1 aromatic rings. The molecule has 158 valence electrons. The van der Waals surface area contributed by atoms with E-state index in [2.05, 4.69) is 43.2 Å². The molecule has 1 heterocycles. The second kappa shape index (κ2) is 10.4. The molecule has 2 unspecified atom stereocenters. The molecular weight excluding hydrogens is 356 g/mol. The smallest absolute Gasteiger partial charge is 0.203 e. The molecule has 2 atom stereocenters. The van der Waals surface area contributed by atoms with Crippen LogP contribution in [0.15, 0.2) is 17.1 Å². The first-order valence-electron chi connectivity index (χ1n) is 10.0. The molecule has 2 N–H and O–H groups in total. The summed E-state index contributed by atoms with van der Waals surface area (Å²) in [5.41, 5.74) is 0.945. The number of aliphatic imine (C=N–C) groups is 1. The first-order valence-corrected chi connectivity index (χ1v) is 10.0. The van der Waals surface area contributed by atoms with E-state index in [0.29, 0.717) is 41.8 Å². The highest BCUT2D eigenvalue weighted by Gasteiger charge is 2.31. The molecule has 7 nitrogen and oxygen atoms in total. The Morgan fingerprint density at radius 3 is 2.39 bits per heavy atom. The molecular formula is C21H36N4O3. The minimum absolute atomic E-state index is 0.382. The lowest BCUT2D eigenvalue weighted by molar-refractivity contribution is 0.265. The SMILES string of the molecule is CCNC(=NCc1ccc(OC)c(OC)c1OC)NC1CN(C(C)C)CC1C. The average Bonchev–Trinajstić information content (AvgIpc) is 3.06. The normalized spacial score (nSPS) is 20.4. The third-order valence-corrected chi connectivity index (χ3v) is 5.23. The molecule has 0 aliphatic carbocycles. The number of rotatable bonds is 8. The molecule has 0 bridgehead atoms. The Kier molecular flexibility index (Phi) is 8.23. The van der Waals surface area contributed by atoms with Crippen molar-refractivity contribution in [3.63, 3.8) is 0 Å². The van der Waals surface area contributed by atoms with E-state index < -0.39 is 0 Å². The number of hydrogen-bond acceptors (Lipinski definition) is 5. The predicted octanol–water partition coefficient (Wildman–Crippen LogP) is 2.50. The molecule has 7 heteroatoms. The first kappa shape index (κ1) is 22.1. The predicted molar refractivity (Wildman–Crippen MR) is 114 cm³/mol. The summed E-state index contributed by atoms with van der Waals surface area (Å²) in [6.07, 6.45) is 0. The number of hydrogen-bond donors (Lipinski definition) is 2. The summed E-state index contributed by atoms with van der Waals surface area (Å²) in [4.78, 5) is 7.29. The van der Waals surface area contributed by atoms with E-state index in [4.69, 9.17) is 19.2 Å². The third-order valence-electron chi connectivity index (χ3n) is 5.23. The summed E-state index contributed by atoms with van der Waals surface area (Å²) in [6, 6.07) is 4.79. The number of likely N-dealkylation sites (tertiary alicyclic amines) is 1. The zero-order valence-electron chi connectivity index (χ0n) is 18.3. The quantitative estimate of drug-likeness (QED) is 0.523. The van der Waals surface area contributed by atoms with E-state index in [1.807, 2.05) is 12.1 Å².